The first-order valence-electron chi connectivity index (χ1n) is 5.08. The molecule has 1 aromatic heterocycles. The Bertz CT molecular complexity index is 525. The maximum absolute atomic E-state index is 13.7. The highest BCUT2D eigenvalue weighted by Crippen LogP contribution is 2.29. The lowest BCUT2D eigenvalue weighted by Gasteiger charge is -2.17. The normalized spacial score (nSPS) is 12.7. The summed E-state index contributed by atoms with van der Waals surface area (Å²) in [4.78, 5) is 0. The van der Waals surface area contributed by atoms with Gasteiger partial charge in [-0.05, 0) is 34.9 Å². The van der Waals surface area contributed by atoms with Crippen molar-refractivity contribution in [2.75, 3.05) is 0 Å². The van der Waals surface area contributed by atoms with Gasteiger partial charge in [0, 0.05) is 5.56 Å². The van der Waals surface area contributed by atoms with Gasteiger partial charge in [0.05, 0.1) is 6.04 Å². The molecule has 1 atom stereocenters. The summed E-state index contributed by atoms with van der Waals surface area (Å²) in [5.74, 6) is 3.72. The van der Waals surface area contributed by atoms with Gasteiger partial charge in [0.1, 0.15) is 0 Å². The molecule has 2 aromatic rings. The number of nitrogens with one attached hydrogen (secondary N) is 1. The van der Waals surface area contributed by atoms with Gasteiger partial charge in [-0.15, -0.1) is 0 Å². The van der Waals surface area contributed by atoms with Gasteiger partial charge < -0.3 is 0 Å². The van der Waals surface area contributed by atoms with Crippen LogP contribution in [0.1, 0.15) is 22.7 Å². The summed E-state index contributed by atoms with van der Waals surface area (Å²) in [5, 5.41) is 3.82. The standard InChI is InChI=1S/C12H12F2N2S/c1-7-5-17-6-9(7)12(16-15)8-3-2-4-10(13)11(8)14/h2-6,12,16H,15H2,1H3. The average Bonchev–Trinajstić information content (AvgIpc) is 2.72. The number of aryl methyl sites for hydroxylation is 1. The van der Waals surface area contributed by atoms with E-state index in [0.29, 0.717) is 0 Å². The molecule has 1 heterocycles. The zero-order valence-corrected chi connectivity index (χ0v) is 10.0. The van der Waals surface area contributed by atoms with Crippen LogP contribution in [0, 0.1) is 18.6 Å². The molecular weight excluding hydrogens is 242 g/mol. The third kappa shape index (κ3) is 2.22. The minimum atomic E-state index is -0.865. The van der Waals surface area contributed by atoms with Crippen molar-refractivity contribution in [1.82, 2.24) is 5.43 Å². The Morgan fingerprint density at radius 1 is 1.24 bits per heavy atom. The van der Waals surface area contributed by atoms with E-state index in [0.717, 1.165) is 17.2 Å². The number of hydrogen-bond donors (Lipinski definition) is 2. The predicted octanol–water partition coefficient (Wildman–Crippen LogP) is 2.89. The predicted molar refractivity (Wildman–Crippen MR) is 64.6 cm³/mol. The summed E-state index contributed by atoms with van der Waals surface area (Å²) in [5.41, 5.74) is 4.61. The molecule has 3 N–H and O–H groups in total. The van der Waals surface area contributed by atoms with Gasteiger partial charge in [-0.1, -0.05) is 12.1 Å². The molecule has 5 heteroatoms. The first kappa shape index (κ1) is 12.2. The van der Waals surface area contributed by atoms with Gasteiger partial charge in [-0.3, -0.25) is 5.84 Å². The van der Waals surface area contributed by atoms with Gasteiger partial charge >= 0.3 is 0 Å². The van der Waals surface area contributed by atoms with Crippen molar-refractivity contribution in [3.05, 3.63) is 57.3 Å². The number of benzene rings is 1. The Morgan fingerprint density at radius 3 is 2.59 bits per heavy atom. The molecule has 0 saturated carbocycles. The second-order valence-corrected chi connectivity index (χ2v) is 4.50. The zero-order chi connectivity index (χ0) is 12.4. The van der Waals surface area contributed by atoms with Crippen LogP contribution in [-0.2, 0) is 0 Å². The molecule has 2 nitrogen and oxygen atoms in total. The first-order chi connectivity index (χ1) is 8.15. The maximum atomic E-state index is 13.7. The van der Waals surface area contributed by atoms with Crippen LogP contribution in [0.2, 0.25) is 0 Å². The average molecular weight is 254 g/mol. The molecule has 1 unspecified atom stereocenters. The molecule has 90 valence electrons. The highest BCUT2D eigenvalue weighted by atomic mass is 32.1. The third-order valence-corrected chi connectivity index (χ3v) is 3.54. The lowest BCUT2D eigenvalue weighted by Crippen LogP contribution is -2.29. The van der Waals surface area contributed by atoms with E-state index in [2.05, 4.69) is 5.43 Å². The van der Waals surface area contributed by atoms with Gasteiger partial charge in [0.2, 0.25) is 0 Å². The van der Waals surface area contributed by atoms with Crippen molar-refractivity contribution in [3.8, 4) is 0 Å². The summed E-state index contributed by atoms with van der Waals surface area (Å²) >= 11 is 1.50. The monoisotopic (exact) mass is 254 g/mol. The lowest BCUT2D eigenvalue weighted by molar-refractivity contribution is 0.483. The molecule has 0 fully saturated rings. The molecule has 0 bridgehead atoms. The minimum absolute atomic E-state index is 0.217. The molecular formula is C12H12F2N2S. The van der Waals surface area contributed by atoms with Crippen molar-refractivity contribution in [2.45, 2.75) is 13.0 Å². The largest absolute Gasteiger partial charge is 0.271 e. The summed E-state index contributed by atoms with van der Waals surface area (Å²) in [7, 11) is 0. The quantitative estimate of drug-likeness (QED) is 0.653. The summed E-state index contributed by atoms with van der Waals surface area (Å²) < 4.78 is 26.9. The highest BCUT2D eigenvalue weighted by Gasteiger charge is 2.20. The van der Waals surface area contributed by atoms with Gasteiger partial charge in [-0.2, -0.15) is 11.3 Å². The number of hydrazine groups is 1. The van der Waals surface area contributed by atoms with Gasteiger partial charge in [0.25, 0.3) is 0 Å². The van der Waals surface area contributed by atoms with Crippen LogP contribution in [0.15, 0.2) is 29.0 Å². The fourth-order valence-electron chi connectivity index (χ4n) is 1.76. The van der Waals surface area contributed by atoms with E-state index < -0.39 is 17.7 Å². The molecule has 0 saturated heterocycles. The molecule has 1 aromatic carbocycles. The summed E-state index contributed by atoms with van der Waals surface area (Å²) in [6.07, 6.45) is 0. The molecule has 0 radical (unpaired) electrons. The van der Waals surface area contributed by atoms with Gasteiger partial charge in [-0.25, -0.2) is 14.2 Å². The topological polar surface area (TPSA) is 38.0 Å². The van der Waals surface area contributed by atoms with Crippen LogP contribution in [0.4, 0.5) is 8.78 Å². The van der Waals surface area contributed by atoms with Gasteiger partial charge in [0.15, 0.2) is 11.6 Å². The van der Waals surface area contributed by atoms with E-state index in [1.165, 1.54) is 23.5 Å². The smallest absolute Gasteiger partial charge is 0.163 e. The Kier molecular flexibility index (Phi) is 3.51. The second kappa shape index (κ2) is 4.91. The Morgan fingerprint density at radius 2 is 2.00 bits per heavy atom. The van der Waals surface area contributed by atoms with E-state index in [9.17, 15) is 8.78 Å². The van der Waals surface area contributed by atoms with Crippen LogP contribution in [0.25, 0.3) is 0 Å². The number of hydrogen-bond acceptors (Lipinski definition) is 3. The van der Waals surface area contributed by atoms with Crippen molar-refractivity contribution < 1.29 is 8.78 Å². The summed E-state index contributed by atoms with van der Waals surface area (Å²) in [6.45, 7) is 1.91. The fraction of sp³-hybridized carbons (Fsp3) is 0.167. The third-order valence-electron chi connectivity index (χ3n) is 2.67. The molecule has 17 heavy (non-hydrogen) atoms. The van der Waals surface area contributed by atoms with Crippen LogP contribution in [0.5, 0.6) is 0 Å². The van der Waals surface area contributed by atoms with E-state index >= 15 is 0 Å². The van der Waals surface area contributed by atoms with Crippen LogP contribution in [-0.4, -0.2) is 0 Å². The minimum Gasteiger partial charge on any atom is -0.271 e. The van der Waals surface area contributed by atoms with E-state index in [1.807, 2.05) is 17.7 Å². The number of thiophene rings is 1. The molecule has 0 aliphatic rings. The SMILES string of the molecule is Cc1cscc1C(NN)c1cccc(F)c1F. The number of nitrogens with two attached hydrogens (primary N) is 1. The van der Waals surface area contributed by atoms with E-state index in [1.54, 1.807) is 0 Å². The number of rotatable bonds is 3. The molecule has 0 spiro atoms. The van der Waals surface area contributed by atoms with Crippen LogP contribution >= 0.6 is 11.3 Å². The van der Waals surface area contributed by atoms with Crippen LogP contribution < -0.4 is 11.3 Å². The van der Waals surface area contributed by atoms with Crippen LogP contribution in [0.3, 0.4) is 0 Å². The summed E-state index contributed by atoms with van der Waals surface area (Å²) in [6, 6.07) is 3.56. The Labute approximate surface area is 102 Å². The molecule has 0 aliphatic carbocycles. The van der Waals surface area contributed by atoms with Crippen molar-refractivity contribution in [3.63, 3.8) is 0 Å². The molecule has 0 aliphatic heterocycles. The Balaban J connectivity index is 2.50. The lowest BCUT2D eigenvalue weighted by atomic mass is 9.98. The number of halogens is 2. The second-order valence-electron chi connectivity index (χ2n) is 3.75. The van der Waals surface area contributed by atoms with Crippen molar-refractivity contribution in [1.29, 1.82) is 0 Å². The molecule has 2 rings (SSSR count). The zero-order valence-electron chi connectivity index (χ0n) is 9.21. The Hall–Kier alpha value is -1.30. The van der Waals surface area contributed by atoms with E-state index in [-0.39, 0.29) is 5.56 Å². The van der Waals surface area contributed by atoms with Crippen molar-refractivity contribution >= 4 is 11.3 Å². The first-order valence-corrected chi connectivity index (χ1v) is 6.02. The molecule has 0 amide bonds. The fourth-order valence-corrected chi connectivity index (χ4v) is 2.63. The van der Waals surface area contributed by atoms with Crippen molar-refractivity contribution in [2.24, 2.45) is 5.84 Å². The maximum Gasteiger partial charge on any atom is 0.163 e. The highest BCUT2D eigenvalue weighted by molar-refractivity contribution is 7.08. The van der Waals surface area contributed by atoms with E-state index in [4.69, 9.17) is 5.84 Å².